The Morgan fingerprint density at radius 3 is 2.85 bits per heavy atom. The Bertz CT molecular complexity index is 388. The van der Waals surface area contributed by atoms with Crippen LogP contribution in [0.25, 0.3) is 0 Å². The molecule has 0 spiro atoms. The average Bonchev–Trinajstić information content (AvgIpc) is 2.52. The summed E-state index contributed by atoms with van der Waals surface area (Å²) in [6.07, 6.45) is 6.97. The highest BCUT2D eigenvalue weighted by Crippen LogP contribution is 2.26. The Kier molecular flexibility index (Phi) is 6.34. The second kappa shape index (κ2) is 8.28. The van der Waals surface area contributed by atoms with Crippen LogP contribution in [0.1, 0.15) is 50.2 Å². The van der Waals surface area contributed by atoms with Gasteiger partial charge >= 0.3 is 0 Å². The second-order valence-corrected chi connectivity index (χ2v) is 5.80. The van der Waals surface area contributed by atoms with Gasteiger partial charge in [-0.05, 0) is 56.5 Å². The van der Waals surface area contributed by atoms with E-state index in [0.29, 0.717) is 5.92 Å². The van der Waals surface area contributed by atoms with E-state index in [9.17, 15) is 5.11 Å². The van der Waals surface area contributed by atoms with Crippen LogP contribution < -0.4 is 10.1 Å². The lowest BCUT2D eigenvalue weighted by atomic mass is 9.90. The molecule has 2 rings (SSSR count). The lowest BCUT2D eigenvalue weighted by molar-refractivity contribution is 0.166. The maximum atomic E-state index is 10.1. The standard InChI is InChI=1S/C17H27NO2/c1-18-11-10-17(19)15-8-5-9-16(12-15)20-13-14-6-3-2-4-7-14/h5,8-9,12,14,17-19H,2-4,6-7,10-11,13H2,1H3/t17-/m1/s1. The molecule has 0 radical (unpaired) electrons. The molecule has 1 aromatic rings. The first-order valence-corrected chi connectivity index (χ1v) is 7.85. The second-order valence-electron chi connectivity index (χ2n) is 5.80. The third-order valence-electron chi connectivity index (χ3n) is 4.12. The number of benzene rings is 1. The van der Waals surface area contributed by atoms with E-state index in [0.717, 1.165) is 30.9 Å². The maximum absolute atomic E-state index is 10.1. The molecule has 0 aliphatic heterocycles. The van der Waals surface area contributed by atoms with Crippen molar-refractivity contribution in [3.63, 3.8) is 0 Å². The Balaban J connectivity index is 1.85. The van der Waals surface area contributed by atoms with Gasteiger partial charge in [0.2, 0.25) is 0 Å². The van der Waals surface area contributed by atoms with Crippen molar-refractivity contribution in [1.82, 2.24) is 5.32 Å². The van der Waals surface area contributed by atoms with Crippen molar-refractivity contribution in [2.24, 2.45) is 5.92 Å². The Morgan fingerprint density at radius 1 is 1.30 bits per heavy atom. The van der Waals surface area contributed by atoms with Crippen LogP contribution in [0.15, 0.2) is 24.3 Å². The van der Waals surface area contributed by atoms with Gasteiger partial charge in [0, 0.05) is 0 Å². The van der Waals surface area contributed by atoms with Crippen molar-refractivity contribution in [1.29, 1.82) is 0 Å². The molecule has 3 nitrogen and oxygen atoms in total. The monoisotopic (exact) mass is 277 g/mol. The molecule has 0 aromatic heterocycles. The summed E-state index contributed by atoms with van der Waals surface area (Å²) >= 11 is 0. The molecule has 3 heteroatoms. The van der Waals surface area contributed by atoms with E-state index in [-0.39, 0.29) is 0 Å². The molecule has 0 heterocycles. The summed E-state index contributed by atoms with van der Waals surface area (Å²) in [7, 11) is 1.90. The molecule has 0 amide bonds. The van der Waals surface area contributed by atoms with Crippen molar-refractivity contribution in [2.75, 3.05) is 20.2 Å². The van der Waals surface area contributed by atoms with Crippen LogP contribution in [0, 0.1) is 5.92 Å². The van der Waals surface area contributed by atoms with Gasteiger partial charge in [-0.15, -0.1) is 0 Å². The molecular formula is C17H27NO2. The first-order chi connectivity index (χ1) is 9.79. The van der Waals surface area contributed by atoms with E-state index >= 15 is 0 Å². The number of rotatable bonds is 7. The quantitative estimate of drug-likeness (QED) is 0.803. The third kappa shape index (κ3) is 4.80. The van der Waals surface area contributed by atoms with E-state index in [4.69, 9.17) is 4.74 Å². The summed E-state index contributed by atoms with van der Waals surface area (Å²) in [6.45, 7) is 1.63. The summed E-state index contributed by atoms with van der Waals surface area (Å²) < 4.78 is 5.91. The van der Waals surface area contributed by atoms with Gasteiger partial charge in [-0.25, -0.2) is 0 Å². The minimum atomic E-state index is -0.416. The van der Waals surface area contributed by atoms with E-state index in [1.165, 1.54) is 32.1 Å². The van der Waals surface area contributed by atoms with Gasteiger partial charge < -0.3 is 15.2 Å². The minimum Gasteiger partial charge on any atom is -0.493 e. The number of ether oxygens (including phenoxy) is 1. The van der Waals surface area contributed by atoms with Crippen LogP contribution in [-0.4, -0.2) is 25.3 Å². The number of nitrogens with one attached hydrogen (secondary N) is 1. The largest absolute Gasteiger partial charge is 0.493 e. The van der Waals surface area contributed by atoms with Gasteiger partial charge in [-0.3, -0.25) is 0 Å². The van der Waals surface area contributed by atoms with Gasteiger partial charge in [0.25, 0.3) is 0 Å². The molecule has 1 saturated carbocycles. The molecule has 0 unspecified atom stereocenters. The fraction of sp³-hybridized carbons (Fsp3) is 0.647. The van der Waals surface area contributed by atoms with E-state index < -0.39 is 6.10 Å². The number of aliphatic hydroxyl groups is 1. The highest BCUT2D eigenvalue weighted by molar-refractivity contribution is 5.29. The third-order valence-corrected chi connectivity index (χ3v) is 4.12. The van der Waals surface area contributed by atoms with Gasteiger partial charge in [-0.2, -0.15) is 0 Å². The maximum Gasteiger partial charge on any atom is 0.119 e. The Labute approximate surface area is 122 Å². The summed E-state index contributed by atoms with van der Waals surface area (Å²) in [5.74, 6) is 1.60. The first-order valence-electron chi connectivity index (χ1n) is 7.85. The van der Waals surface area contributed by atoms with Crippen molar-refractivity contribution < 1.29 is 9.84 Å². The van der Waals surface area contributed by atoms with Gasteiger partial charge in [-0.1, -0.05) is 31.4 Å². The van der Waals surface area contributed by atoms with Crippen LogP contribution in [0.4, 0.5) is 0 Å². The van der Waals surface area contributed by atoms with Crippen molar-refractivity contribution in [3.05, 3.63) is 29.8 Å². The first kappa shape index (κ1) is 15.3. The molecule has 0 saturated heterocycles. The summed E-state index contributed by atoms with van der Waals surface area (Å²) in [4.78, 5) is 0. The zero-order valence-corrected chi connectivity index (χ0v) is 12.5. The van der Waals surface area contributed by atoms with Gasteiger partial charge in [0.05, 0.1) is 12.7 Å². The number of hydrogen-bond donors (Lipinski definition) is 2. The van der Waals surface area contributed by atoms with Crippen molar-refractivity contribution in [2.45, 2.75) is 44.6 Å². The molecule has 0 bridgehead atoms. The average molecular weight is 277 g/mol. The van der Waals surface area contributed by atoms with Crippen molar-refractivity contribution >= 4 is 0 Å². The fourth-order valence-electron chi connectivity index (χ4n) is 2.83. The highest BCUT2D eigenvalue weighted by Gasteiger charge is 2.14. The van der Waals surface area contributed by atoms with Gasteiger partial charge in [0.1, 0.15) is 5.75 Å². The Morgan fingerprint density at radius 2 is 2.10 bits per heavy atom. The topological polar surface area (TPSA) is 41.5 Å². The zero-order chi connectivity index (χ0) is 14.2. The molecule has 1 aliphatic rings. The molecule has 112 valence electrons. The number of hydrogen-bond acceptors (Lipinski definition) is 3. The van der Waals surface area contributed by atoms with E-state index in [1.807, 2.05) is 31.3 Å². The molecule has 1 aromatic carbocycles. The van der Waals surface area contributed by atoms with Crippen LogP contribution in [0.5, 0.6) is 5.75 Å². The van der Waals surface area contributed by atoms with E-state index in [2.05, 4.69) is 5.32 Å². The summed E-state index contributed by atoms with van der Waals surface area (Å²) in [6, 6.07) is 7.89. The summed E-state index contributed by atoms with van der Waals surface area (Å²) in [5.41, 5.74) is 0.946. The smallest absolute Gasteiger partial charge is 0.119 e. The molecule has 1 fully saturated rings. The van der Waals surface area contributed by atoms with Crippen LogP contribution in [0.3, 0.4) is 0 Å². The number of aliphatic hydroxyl groups excluding tert-OH is 1. The Hall–Kier alpha value is -1.06. The molecule has 20 heavy (non-hydrogen) atoms. The molecule has 1 aliphatic carbocycles. The SMILES string of the molecule is CNCC[C@@H](O)c1cccc(OCC2CCCCC2)c1. The highest BCUT2D eigenvalue weighted by atomic mass is 16.5. The molecule has 2 N–H and O–H groups in total. The lowest BCUT2D eigenvalue weighted by Gasteiger charge is -2.22. The predicted octanol–water partition coefficient (Wildman–Crippen LogP) is 3.29. The van der Waals surface area contributed by atoms with Crippen molar-refractivity contribution in [3.8, 4) is 5.75 Å². The van der Waals surface area contributed by atoms with Crippen LogP contribution in [-0.2, 0) is 0 Å². The van der Waals surface area contributed by atoms with Gasteiger partial charge in [0.15, 0.2) is 0 Å². The van der Waals surface area contributed by atoms with Crippen LogP contribution >= 0.6 is 0 Å². The van der Waals surface area contributed by atoms with E-state index in [1.54, 1.807) is 0 Å². The molecule has 1 atom stereocenters. The summed E-state index contributed by atoms with van der Waals surface area (Å²) in [5, 5.41) is 13.2. The predicted molar refractivity (Wildman–Crippen MR) is 82.0 cm³/mol. The molecular weight excluding hydrogens is 250 g/mol. The minimum absolute atomic E-state index is 0.416. The normalized spacial score (nSPS) is 17.9. The van der Waals surface area contributed by atoms with Crippen LogP contribution in [0.2, 0.25) is 0 Å². The lowest BCUT2D eigenvalue weighted by Crippen LogP contribution is -2.15. The zero-order valence-electron chi connectivity index (χ0n) is 12.5. The fourth-order valence-corrected chi connectivity index (χ4v) is 2.83.